The van der Waals surface area contributed by atoms with Gasteiger partial charge in [-0.15, -0.1) is 21.5 Å². The van der Waals surface area contributed by atoms with Crippen LogP contribution in [0.3, 0.4) is 0 Å². The van der Waals surface area contributed by atoms with Crippen LogP contribution in [0.25, 0.3) is 21.7 Å². The van der Waals surface area contributed by atoms with Crippen molar-refractivity contribution in [2.45, 2.75) is 76.7 Å². The summed E-state index contributed by atoms with van der Waals surface area (Å²) in [5.74, 6) is -0.0490. The van der Waals surface area contributed by atoms with Gasteiger partial charge in [0.15, 0.2) is 11.6 Å². The zero-order valence-electron chi connectivity index (χ0n) is 40.1. The van der Waals surface area contributed by atoms with E-state index >= 15 is 0 Å². The highest BCUT2D eigenvalue weighted by atomic mass is 32.1. The molecule has 3 aliphatic rings. The monoisotopic (exact) mass is 988 g/mol. The van der Waals surface area contributed by atoms with Crippen LogP contribution in [-0.4, -0.2) is 136 Å². The predicted molar refractivity (Wildman–Crippen MR) is 266 cm³/mol. The van der Waals surface area contributed by atoms with Gasteiger partial charge in [-0.2, -0.15) is 0 Å². The van der Waals surface area contributed by atoms with Crippen molar-refractivity contribution in [3.63, 3.8) is 0 Å². The molecule has 4 aromatic heterocycles. The highest BCUT2D eigenvalue weighted by molar-refractivity contribution is 7.13. The average Bonchev–Trinajstić information content (AvgIpc) is 4.17. The van der Waals surface area contributed by atoms with Crippen molar-refractivity contribution in [1.29, 1.82) is 0 Å². The molecule has 2 aromatic carbocycles. The summed E-state index contributed by atoms with van der Waals surface area (Å²) in [5, 5.41) is 36.5. The summed E-state index contributed by atoms with van der Waals surface area (Å²) in [7, 11) is 0. The molecule has 7 heterocycles. The number of phenols is 1. The van der Waals surface area contributed by atoms with Gasteiger partial charge in [-0.05, 0) is 66.2 Å². The Morgan fingerprint density at radius 1 is 0.887 bits per heavy atom. The molecule has 3 fully saturated rings. The fourth-order valence-electron chi connectivity index (χ4n) is 9.73. The molecule has 2 unspecified atom stereocenters. The summed E-state index contributed by atoms with van der Waals surface area (Å²) in [6.07, 6.45) is 3.15. The Balaban J connectivity index is 0.671. The van der Waals surface area contributed by atoms with Crippen LogP contribution in [0.1, 0.15) is 56.0 Å². The van der Waals surface area contributed by atoms with Crippen LogP contribution in [0, 0.1) is 12.8 Å². The molecule has 3 aliphatic heterocycles. The third kappa shape index (κ3) is 11.5. The molecule has 3 saturated heterocycles. The van der Waals surface area contributed by atoms with E-state index in [1.807, 2.05) is 80.9 Å². The second kappa shape index (κ2) is 22.5. The first-order chi connectivity index (χ1) is 34.5. The lowest BCUT2D eigenvalue weighted by Gasteiger charge is -2.43. The first-order valence-electron chi connectivity index (χ1n) is 24.0. The molecule has 9 rings (SSSR count). The lowest BCUT2D eigenvalue weighted by Crippen LogP contribution is -2.54. The molecule has 71 heavy (non-hydrogen) atoms. The number of likely N-dealkylation sites (tertiary alicyclic amines) is 1. The zero-order valence-corrected chi connectivity index (χ0v) is 40.9. The molecule has 0 spiro atoms. The van der Waals surface area contributed by atoms with Gasteiger partial charge in [-0.3, -0.25) is 9.59 Å². The largest absolute Gasteiger partial charge is 0.507 e. The molecule has 20 heteroatoms. The van der Waals surface area contributed by atoms with Crippen molar-refractivity contribution in [2.75, 3.05) is 74.8 Å². The minimum atomic E-state index is -0.833. The maximum Gasteiger partial charge on any atom is 0.254 e. The summed E-state index contributed by atoms with van der Waals surface area (Å²) in [5.41, 5.74) is 14.2. The third-order valence-electron chi connectivity index (χ3n) is 13.2. The Morgan fingerprint density at radius 2 is 1.61 bits per heavy atom. The average molecular weight is 989 g/mol. The van der Waals surface area contributed by atoms with E-state index in [9.17, 15) is 19.8 Å². The van der Waals surface area contributed by atoms with E-state index in [4.69, 9.17) is 29.2 Å². The number of nitrogens with one attached hydrogen (secondary N) is 1. The quantitative estimate of drug-likeness (QED) is 0.0641. The van der Waals surface area contributed by atoms with Crippen molar-refractivity contribution in [2.24, 2.45) is 5.92 Å². The van der Waals surface area contributed by atoms with E-state index in [0.29, 0.717) is 55.1 Å². The minimum Gasteiger partial charge on any atom is -0.507 e. The number of hydrogen-bond donors (Lipinski definition) is 4. The van der Waals surface area contributed by atoms with Gasteiger partial charge in [0.2, 0.25) is 17.7 Å². The number of hydrogen-bond acceptors (Lipinski definition) is 18. The molecule has 0 aliphatic carbocycles. The molecule has 2 bridgehead atoms. The van der Waals surface area contributed by atoms with E-state index in [-0.39, 0.29) is 74.2 Å². The summed E-state index contributed by atoms with van der Waals surface area (Å²) in [6.45, 7) is 9.43. The number of para-hydroxylation sites is 1. The number of carbonyl (C=O) groups excluding carboxylic acids is 2. The Kier molecular flexibility index (Phi) is 15.5. The number of nitrogens with zero attached hydrogens (tertiary/aromatic N) is 8. The van der Waals surface area contributed by atoms with Crippen LogP contribution in [0.2, 0.25) is 0 Å². The summed E-state index contributed by atoms with van der Waals surface area (Å²) >= 11 is 1.58. The van der Waals surface area contributed by atoms with Crippen molar-refractivity contribution >= 4 is 40.3 Å². The summed E-state index contributed by atoms with van der Waals surface area (Å²) in [4.78, 5) is 43.6. The fourth-order valence-corrected chi connectivity index (χ4v) is 10.5. The van der Waals surface area contributed by atoms with Gasteiger partial charge in [0.1, 0.15) is 30.9 Å². The molecule has 2 amide bonds. The molecular weight excluding hydrogens is 929 g/mol. The molecule has 0 saturated carbocycles. The van der Waals surface area contributed by atoms with Crippen molar-refractivity contribution in [3.8, 4) is 39.2 Å². The normalized spacial score (nSPS) is 19.1. The maximum atomic E-state index is 14.0. The number of aliphatic hydroxyl groups excluding tert-OH is 1. The lowest BCUT2D eigenvalue weighted by atomic mass is 9.91. The van der Waals surface area contributed by atoms with Crippen LogP contribution in [0.5, 0.6) is 17.5 Å². The number of benzene rings is 2. The number of ether oxygens (including phenoxy) is 4. The highest BCUT2D eigenvalue weighted by Crippen LogP contribution is 2.40. The first-order valence-corrected chi connectivity index (χ1v) is 24.9. The van der Waals surface area contributed by atoms with Gasteiger partial charge in [0.25, 0.3) is 5.88 Å². The Morgan fingerprint density at radius 3 is 2.31 bits per heavy atom. The lowest BCUT2D eigenvalue weighted by molar-refractivity contribution is -0.141. The Bertz CT molecular complexity index is 2740. The number of aryl methyl sites for hydroxylation is 1. The molecule has 374 valence electrons. The number of piperazine rings is 1. The van der Waals surface area contributed by atoms with Gasteiger partial charge < -0.3 is 59.4 Å². The van der Waals surface area contributed by atoms with Gasteiger partial charge >= 0.3 is 0 Å². The number of amides is 2. The molecular formula is C51H60N10O9S. The van der Waals surface area contributed by atoms with Crippen molar-refractivity contribution in [3.05, 3.63) is 102 Å². The van der Waals surface area contributed by atoms with Crippen LogP contribution >= 0.6 is 11.3 Å². The van der Waals surface area contributed by atoms with Crippen LogP contribution in [0.4, 0.5) is 17.2 Å². The second-order valence-electron chi connectivity index (χ2n) is 18.4. The zero-order chi connectivity index (χ0) is 49.4. The number of pyridine rings is 1. The number of nitrogen functional groups attached to an aromatic ring is 1. The Labute approximate surface area is 415 Å². The topological polar surface area (TPSA) is 237 Å². The number of fused-ring (bicyclic) bond motifs is 2. The SMILES string of the molecule is Cc1ncsc1-c1ccc(CNC(=O)[C@@H]2C[C@@H](O)CN2C(=O)[C@@H](c2cc(OCCOCCOCCOc3cc(N4C5CCC4CN(c4cc(-c6ccccc6O)nnc4N)C5)ccn3)no2)C(C)C)cc1. The van der Waals surface area contributed by atoms with E-state index < -0.39 is 18.1 Å². The molecule has 0 radical (unpaired) electrons. The van der Waals surface area contributed by atoms with Gasteiger partial charge in [0.05, 0.1) is 60.0 Å². The number of aliphatic hydroxyl groups is 1. The molecule has 19 nitrogen and oxygen atoms in total. The maximum absolute atomic E-state index is 14.0. The number of anilines is 3. The predicted octanol–water partition coefficient (Wildman–Crippen LogP) is 5.61. The number of aromatic nitrogens is 5. The van der Waals surface area contributed by atoms with E-state index in [1.54, 1.807) is 35.7 Å². The molecule has 5 N–H and O–H groups in total. The van der Waals surface area contributed by atoms with Crippen LogP contribution < -0.4 is 30.3 Å². The summed E-state index contributed by atoms with van der Waals surface area (Å²) < 4.78 is 28.8. The minimum absolute atomic E-state index is 0.0374. The van der Waals surface area contributed by atoms with Gasteiger partial charge in [-0.25, -0.2) is 9.97 Å². The van der Waals surface area contributed by atoms with Crippen molar-refractivity contribution in [1.82, 2.24) is 35.5 Å². The number of β-amino-alcohol motifs (C(OH)–C–C–N with tert-alkyl or cyclic N) is 1. The first kappa shape index (κ1) is 49.1. The van der Waals surface area contributed by atoms with Crippen molar-refractivity contribution < 1.29 is 43.3 Å². The standard InChI is InChI=1S/C51H60N10O9S/c1-31(2)47(51(65)60-29-38(62)23-42(60)50(64)54-26-33-8-10-34(11-9-33)48-32(3)55-30-71-48)44-25-46(58-70-44)69-21-19-67-17-16-66-18-20-68-45-22-35(14-15-53-45)61-36-12-13-37(61)28-59(27-36)41-24-40(56-57-49(41)52)39-6-4-5-7-43(39)63/h4-11,14-15,22,24-25,30-31,36-38,42,47,62-63H,12-13,16-21,23,26-29H2,1-3H3,(H2,52,57)(H,54,64)/t36?,37?,38-,42+,47-/m1/s1. The Hall–Kier alpha value is -6.87. The van der Waals surface area contributed by atoms with Crippen LogP contribution in [0.15, 0.2) is 89.0 Å². The summed E-state index contributed by atoms with van der Waals surface area (Å²) in [6, 6.07) is 22.2. The number of rotatable bonds is 21. The fraction of sp³-hybridized carbons (Fsp3) is 0.431. The third-order valence-corrected chi connectivity index (χ3v) is 14.2. The number of nitrogens with two attached hydrogens (primary N) is 1. The van der Waals surface area contributed by atoms with Gasteiger partial charge in [0, 0.05) is 74.3 Å². The van der Waals surface area contributed by atoms with Gasteiger partial charge in [-0.1, -0.05) is 50.2 Å². The van der Waals surface area contributed by atoms with E-state index in [1.165, 1.54) is 4.90 Å². The number of carbonyl (C=O) groups is 2. The number of aromatic hydroxyl groups is 1. The van der Waals surface area contributed by atoms with E-state index in [0.717, 1.165) is 59.0 Å². The van der Waals surface area contributed by atoms with E-state index in [2.05, 4.69) is 40.4 Å². The smallest absolute Gasteiger partial charge is 0.254 e. The molecule has 5 atom stereocenters. The second-order valence-corrected chi connectivity index (χ2v) is 19.2. The van der Waals surface area contributed by atoms with Crippen LogP contribution in [-0.2, 0) is 25.6 Å². The molecule has 6 aromatic rings. The highest BCUT2D eigenvalue weighted by Gasteiger charge is 2.44. The number of thiazole rings is 1. The number of phenolic OH excluding ortho intramolecular Hbond substituents is 1.